The van der Waals surface area contributed by atoms with Crippen molar-refractivity contribution in [2.75, 3.05) is 44.6 Å². The Morgan fingerprint density at radius 1 is 1.02 bits per heavy atom. The van der Waals surface area contributed by atoms with E-state index in [0.717, 1.165) is 63.0 Å². The quantitative estimate of drug-likeness (QED) is 0.356. The van der Waals surface area contributed by atoms with Gasteiger partial charge in [0.1, 0.15) is 24.3 Å². The van der Waals surface area contributed by atoms with Crippen LogP contribution in [-0.4, -0.2) is 89.2 Å². The third kappa shape index (κ3) is 6.78. The molecule has 0 aromatic heterocycles. The van der Waals surface area contributed by atoms with Gasteiger partial charge in [0.15, 0.2) is 0 Å². The molecule has 4 aliphatic rings. The van der Waals surface area contributed by atoms with Crippen LogP contribution in [0, 0.1) is 11.8 Å². The van der Waals surface area contributed by atoms with Crippen LogP contribution in [0.25, 0.3) is 0 Å². The first-order valence-electron chi connectivity index (χ1n) is 16.3. The number of phenolic OH excluding ortho intramolecular Hbond substituents is 1. The van der Waals surface area contributed by atoms with E-state index in [2.05, 4.69) is 15.5 Å². The third-order valence-corrected chi connectivity index (χ3v) is 10.8. The van der Waals surface area contributed by atoms with Gasteiger partial charge in [-0.15, -0.1) is 0 Å². The molecule has 2 aromatic carbocycles. The van der Waals surface area contributed by atoms with E-state index in [0.29, 0.717) is 43.3 Å². The van der Waals surface area contributed by atoms with Gasteiger partial charge in [-0.25, -0.2) is 9.59 Å². The van der Waals surface area contributed by atoms with Crippen LogP contribution in [-0.2, 0) is 22.6 Å². The molecule has 3 amide bonds. The number of halogens is 1. The largest absolute Gasteiger partial charge is 0.506 e. The van der Waals surface area contributed by atoms with Crippen LogP contribution in [0.2, 0.25) is 5.02 Å². The maximum absolute atomic E-state index is 13.9. The first kappa shape index (κ1) is 31.6. The Hall–Kier alpha value is -3.34. The highest BCUT2D eigenvalue weighted by Gasteiger charge is 2.52. The monoisotopic (exact) mass is 637 g/mol. The number of para-hydroxylation sites is 1. The predicted molar refractivity (Wildman–Crippen MR) is 172 cm³/mol. The highest BCUT2D eigenvalue weighted by Crippen LogP contribution is 2.41. The molecule has 0 saturated carbocycles. The fourth-order valence-electron chi connectivity index (χ4n) is 8.06. The number of hydrogen-bond donors (Lipinski definition) is 3. The molecule has 242 valence electrons. The molecule has 4 heterocycles. The van der Waals surface area contributed by atoms with Gasteiger partial charge in [-0.1, -0.05) is 35.9 Å². The standard InChI is InChI=1S/C34H44ClN5O5/c35-29-21-24(5-6-31(29)42)23-45-33(44)40-19-12-28(39-18-11-27-3-1-2-4-30(27)37-32(39)43)22-34(40,13-20-41)38-16-9-26(10-17-38)25-7-14-36-15-8-25/h1-6,20-21,25-26,28,36,42H,7-19,22-23H2,(H,37,43)/t28-,34+/m1/s1. The number of amides is 3. The summed E-state index contributed by atoms with van der Waals surface area (Å²) >= 11 is 6.09. The zero-order valence-electron chi connectivity index (χ0n) is 25.8. The Balaban J connectivity index is 1.24. The molecule has 0 aliphatic carbocycles. The molecule has 3 N–H and O–H groups in total. The molecule has 3 fully saturated rings. The smallest absolute Gasteiger partial charge is 0.411 e. The molecule has 0 spiro atoms. The van der Waals surface area contributed by atoms with Crippen LogP contribution in [0.1, 0.15) is 56.1 Å². The average Bonchev–Trinajstić information content (AvgIpc) is 3.23. The number of phenols is 1. The summed E-state index contributed by atoms with van der Waals surface area (Å²) in [5, 5.41) is 16.6. The van der Waals surface area contributed by atoms with E-state index < -0.39 is 11.8 Å². The first-order chi connectivity index (χ1) is 21.9. The number of nitrogens with zero attached hydrogens (tertiary/aromatic N) is 3. The van der Waals surface area contributed by atoms with E-state index in [1.807, 2.05) is 29.2 Å². The van der Waals surface area contributed by atoms with Crippen molar-refractivity contribution in [3.05, 3.63) is 58.6 Å². The van der Waals surface area contributed by atoms with E-state index >= 15 is 0 Å². The third-order valence-electron chi connectivity index (χ3n) is 10.5. The van der Waals surface area contributed by atoms with Crippen LogP contribution >= 0.6 is 11.6 Å². The maximum atomic E-state index is 13.9. The lowest BCUT2D eigenvalue weighted by Gasteiger charge is -2.56. The Morgan fingerprint density at radius 2 is 1.78 bits per heavy atom. The second-order valence-electron chi connectivity index (χ2n) is 12.9. The van der Waals surface area contributed by atoms with Crippen LogP contribution in [0.3, 0.4) is 0 Å². The van der Waals surface area contributed by atoms with Crippen molar-refractivity contribution in [2.24, 2.45) is 11.8 Å². The summed E-state index contributed by atoms with van der Waals surface area (Å²) in [7, 11) is 0. The predicted octanol–water partition coefficient (Wildman–Crippen LogP) is 5.23. The summed E-state index contributed by atoms with van der Waals surface area (Å²) in [4.78, 5) is 45.9. The van der Waals surface area contributed by atoms with Crippen LogP contribution in [0.5, 0.6) is 5.75 Å². The van der Waals surface area contributed by atoms with Crippen molar-refractivity contribution >= 4 is 35.7 Å². The number of ether oxygens (including phenoxy) is 1. The van der Waals surface area contributed by atoms with Crippen molar-refractivity contribution in [2.45, 2.75) is 69.7 Å². The Labute approximate surface area is 270 Å². The fraction of sp³-hybridized carbons (Fsp3) is 0.559. The lowest BCUT2D eigenvalue weighted by atomic mass is 9.77. The molecule has 6 rings (SSSR count). The molecule has 2 aromatic rings. The number of likely N-dealkylation sites (tertiary alicyclic amines) is 2. The topological polar surface area (TPSA) is 114 Å². The molecular formula is C34H44ClN5O5. The minimum absolute atomic E-state index is 0.0134. The van der Waals surface area contributed by atoms with Crippen LogP contribution in [0.15, 0.2) is 42.5 Å². The molecule has 0 radical (unpaired) electrons. The lowest BCUT2D eigenvalue weighted by molar-refractivity contribution is -0.128. The number of nitrogens with one attached hydrogen (secondary N) is 2. The first-order valence-corrected chi connectivity index (χ1v) is 16.7. The summed E-state index contributed by atoms with van der Waals surface area (Å²) in [6, 6.07) is 12.3. The van der Waals surface area contributed by atoms with Crippen molar-refractivity contribution in [1.82, 2.24) is 20.0 Å². The molecule has 0 bridgehead atoms. The number of carbonyl (C=O) groups is 3. The van der Waals surface area contributed by atoms with Crippen molar-refractivity contribution in [3.63, 3.8) is 0 Å². The van der Waals surface area contributed by atoms with Crippen LogP contribution < -0.4 is 10.6 Å². The van der Waals surface area contributed by atoms with Gasteiger partial charge in [-0.2, -0.15) is 0 Å². The van der Waals surface area contributed by atoms with Crippen molar-refractivity contribution < 1.29 is 24.2 Å². The molecule has 10 nitrogen and oxygen atoms in total. The van der Waals surface area contributed by atoms with Crippen molar-refractivity contribution in [3.8, 4) is 5.75 Å². The highest BCUT2D eigenvalue weighted by molar-refractivity contribution is 6.32. The second kappa shape index (κ2) is 14.0. The van der Waals surface area contributed by atoms with Gasteiger partial charge in [0.05, 0.1) is 5.02 Å². The van der Waals surface area contributed by atoms with E-state index in [1.54, 1.807) is 17.0 Å². The van der Waals surface area contributed by atoms with Crippen molar-refractivity contribution in [1.29, 1.82) is 0 Å². The number of carbonyl (C=O) groups excluding carboxylic acids is 3. The molecule has 2 atom stereocenters. The van der Waals surface area contributed by atoms with Gasteiger partial charge >= 0.3 is 12.1 Å². The number of urea groups is 1. The minimum Gasteiger partial charge on any atom is -0.506 e. The summed E-state index contributed by atoms with van der Waals surface area (Å²) < 4.78 is 5.84. The minimum atomic E-state index is -0.910. The van der Waals surface area contributed by atoms with Gasteiger partial charge in [-0.05, 0) is 92.8 Å². The number of aldehydes is 1. The van der Waals surface area contributed by atoms with Gasteiger partial charge in [0.2, 0.25) is 0 Å². The van der Waals surface area contributed by atoms with Gasteiger partial charge in [-0.3, -0.25) is 9.80 Å². The van der Waals surface area contributed by atoms with E-state index in [-0.39, 0.29) is 35.9 Å². The molecular weight excluding hydrogens is 594 g/mol. The zero-order chi connectivity index (χ0) is 31.4. The number of fused-ring (bicyclic) bond motifs is 1. The molecule has 11 heteroatoms. The van der Waals surface area contributed by atoms with E-state index in [9.17, 15) is 19.5 Å². The molecule has 3 saturated heterocycles. The summed E-state index contributed by atoms with van der Waals surface area (Å²) in [5.41, 5.74) is 1.68. The number of aromatic hydroxyl groups is 1. The second-order valence-corrected chi connectivity index (χ2v) is 13.3. The molecule has 0 unspecified atom stereocenters. The lowest BCUT2D eigenvalue weighted by Crippen LogP contribution is -2.69. The fourth-order valence-corrected chi connectivity index (χ4v) is 8.27. The number of rotatable bonds is 7. The van der Waals surface area contributed by atoms with E-state index in [1.165, 1.54) is 18.9 Å². The Kier molecular flexibility index (Phi) is 9.82. The maximum Gasteiger partial charge on any atom is 0.411 e. The Morgan fingerprint density at radius 3 is 2.53 bits per heavy atom. The van der Waals surface area contributed by atoms with E-state index in [4.69, 9.17) is 16.3 Å². The molecule has 4 aliphatic heterocycles. The van der Waals surface area contributed by atoms with Crippen LogP contribution in [0.4, 0.5) is 15.3 Å². The van der Waals surface area contributed by atoms with Gasteiger partial charge in [0, 0.05) is 50.7 Å². The summed E-state index contributed by atoms with van der Waals surface area (Å²) in [6.45, 7) is 4.60. The summed E-state index contributed by atoms with van der Waals surface area (Å²) in [6.07, 6.45) is 6.76. The number of hydrogen-bond acceptors (Lipinski definition) is 7. The van der Waals surface area contributed by atoms with Gasteiger partial charge in [0.25, 0.3) is 0 Å². The zero-order valence-corrected chi connectivity index (χ0v) is 26.5. The SMILES string of the molecule is O=CC[C@@]1(N2CCC(C3CCNCC3)CC2)C[C@H](N2CCc3ccccc3NC2=O)CCN1C(=O)OCc1ccc(O)c(Cl)c1. The number of benzene rings is 2. The van der Waals surface area contributed by atoms with Gasteiger partial charge < -0.3 is 30.2 Å². The normalized spacial score (nSPS) is 25.3. The average molecular weight is 638 g/mol. The highest BCUT2D eigenvalue weighted by atomic mass is 35.5. The Bertz CT molecular complexity index is 1380. The number of anilines is 1. The summed E-state index contributed by atoms with van der Waals surface area (Å²) in [5.74, 6) is 1.30. The molecule has 45 heavy (non-hydrogen) atoms. The number of piperidine rings is 3.